The van der Waals surface area contributed by atoms with Gasteiger partial charge < -0.3 is 19.7 Å². The highest BCUT2D eigenvalue weighted by Crippen LogP contribution is 2.46. The molecule has 27 heavy (non-hydrogen) atoms. The fraction of sp³-hybridized carbons (Fsp3) is 0.789. The molecule has 0 bridgehead atoms. The molecule has 0 spiro atoms. The van der Waals surface area contributed by atoms with Crippen LogP contribution in [-0.4, -0.2) is 47.3 Å². The molecule has 0 aromatic rings. The molecule has 8 heteroatoms. The van der Waals surface area contributed by atoms with Crippen LogP contribution in [0.1, 0.15) is 66.2 Å². The molecule has 0 aromatic heterocycles. The number of carbonyl (C=O) groups excluding carboxylic acids is 2. The van der Waals surface area contributed by atoms with E-state index >= 15 is 0 Å². The Kier molecular flexibility index (Phi) is 11.3. The normalized spacial score (nSPS) is 13.5. The minimum atomic E-state index is -0.970. The van der Waals surface area contributed by atoms with Crippen molar-refractivity contribution < 1.29 is 38.9 Å². The molecule has 8 nitrogen and oxygen atoms in total. The highest BCUT2D eigenvalue weighted by molar-refractivity contribution is 5.77. The molecule has 2 unspecified atom stereocenters. The molecule has 2 atom stereocenters. The molecular weight excluding hydrogens is 356 g/mol. The van der Waals surface area contributed by atoms with E-state index in [1.54, 1.807) is 27.7 Å². The number of ether oxygens (including phenoxy) is 2. The van der Waals surface area contributed by atoms with Crippen molar-refractivity contribution in [3.63, 3.8) is 0 Å². The number of carbonyl (C=O) groups is 4. The van der Waals surface area contributed by atoms with Gasteiger partial charge in [0.1, 0.15) is 0 Å². The molecule has 0 aliphatic carbocycles. The molecule has 156 valence electrons. The van der Waals surface area contributed by atoms with Crippen LogP contribution in [-0.2, 0) is 28.7 Å². The molecule has 0 saturated heterocycles. The molecule has 0 aliphatic heterocycles. The summed E-state index contributed by atoms with van der Waals surface area (Å²) in [5, 5.41) is 17.9. The summed E-state index contributed by atoms with van der Waals surface area (Å²) in [7, 11) is 0. The number of carboxylic acid groups (broad SMARTS) is 2. The molecule has 0 fully saturated rings. The minimum Gasteiger partial charge on any atom is -0.481 e. The number of rotatable bonds is 14. The third kappa shape index (κ3) is 7.97. The number of hydrogen-bond donors (Lipinski definition) is 2. The molecule has 0 aliphatic rings. The van der Waals surface area contributed by atoms with Gasteiger partial charge in [-0.15, -0.1) is 0 Å². The summed E-state index contributed by atoms with van der Waals surface area (Å²) in [6.45, 7) is 7.00. The van der Waals surface area contributed by atoms with Crippen LogP contribution < -0.4 is 0 Å². The zero-order valence-electron chi connectivity index (χ0n) is 16.7. The van der Waals surface area contributed by atoms with Crippen molar-refractivity contribution in [3.8, 4) is 0 Å². The Bertz CT molecular complexity index is 468. The SMILES string of the molecule is CCOC(=O)C(C)C(CCCC(=O)O)(CCCC(=O)O)C(C)C(=O)OCC. The van der Waals surface area contributed by atoms with Gasteiger partial charge in [0.25, 0.3) is 0 Å². The van der Waals surface area contributed by atoms with Crippen LogP contribution in [0.2, 0.25) is 0 Å². The number of aliphatic carboxylic acids is 2. The average Bonchev–Trinajstić information content (AvgIpc) is 2.58. The van der Waals surface area contributed by atoms with Gasteiger partial charge in [-0.3, -0.25) is 19.2 Å². The molecular formula is C19H32O8. The Balaban J connectivity index is 5.82. The van der Waals surface area contributed by atoms with E-state index in [2.05, 4.69) is 0 Å². The van der Waals surface area contributed by atoms with Crippen LogP contribution >= 0.6 is 0 Å². The van der Waals surface area contributed by atoms with Gasteiger partial charge in [0, 0.05) is 12.8 Å². The van der Waals surface area contributed by atoms with Crippen molar-refractivity contribution in [2.24, 2.45) is 17.3 Å². The van der Waals surface area contributed by atoms with Gasteiger partial charge in [-0.1, -0.05) is 13.8 Å². The molecule has 0 rings (SSSR count). The Morgan fingerprint density at radius 2 is 1.11 bits per heavy atom. The Morgan fingerprint density at radius 1 is 0.778 bits per heavy atom. The Hall–Kier alpha value is -2.12. The van der Waals surface area contributed by atoms with Gasteiger partial charge in [0.15, 0.2) is 0 Å². The second-order valence-corrected chi connectivity index (χ2v) is 6.68. The van der Waals surface area contributed by atoms with E-state index in [0.29, 0.717) is 0 Å². The van der Waals surface area contributed by atoms with Crippen molar-refractivity contribution in [3.05, 3.63) is 0 Å². The first-order chi connectivity index (χ1) is 12.6. The van der Waals surface area contributed by atoms with Crippen molar-refractivity contribution in [2.45, 2.75) is 66.2 Å². The predicted molar refractivity (Wildman–Crippen MR) is 97.0 cm³/mol. The summed E-state index contributed by atoms with van der Waals surface area (Å²) < 4.78 is 10.3. The summed E-state index contributed by atoms with van der Waals surface area (Å²) in [6, 6.07) is 0. The first kappa shape index (κ1) is 24.9. The summed E-state index contributed by atoms with van der Waals surface area (Å²) >= 11 is 0. The summed E-state index contributed by atoms with van der Waals surface area (Å²) in [5.41, 5.74) is -0.941. The lowest BCUT2D eigenvalue weighted by atomic mass is 9.62. The highest BCUT2D eigenvalue weighted by Gasteiger charge is 2.47. The van der Waals surface area contributed by atoms with Crippen LogP contribution in [0.4, 0.5) is 0 Å². The van der Waals surface area contributed by atoms with Gasteiger partial charge >= 0.3 is 23.9 Å². The smallest absolute Gasteiger partial charge is 0.309 e. The van der Waals surface area contributed by atoms with E-state index in [0.717, 1.165) is 0 Å². The fourth-order valence-electron chi connectivity index (χ4n) is 3.51. The predicted octanol–water partition coefficient (Wildman–Crippen LogP) is 2.88. The zero-order valence-corrected chi connectivity index (χ0v) is 16.7. The maximum Gasteiger partial charge on any atom is 0.309 e. The van der Waals surface area contributed by atoms with Crippen molar-refractivity contribution >= 4 is 23.9 Å². The third-order valence-electron chi connectivity index (χ3n) is 5.07. The van der Waals surface area contributed by atoms with Crippen LogP contribution in [0.25, 0.3) is 0 Å². The maximum absolute atomic E-state index is 12.5. The lowest BCUT2D eigenvalue weighted by Gasteiger charge is -2.42. The standard InChI is InChI=1S/C19H32O8/c1-5-26-17(24)13(3)19(11-7-9-15(20)21,12-8-10-16(22)23)14(4)18(25)27-6-2/h13-14H,5-12H2,1-4H3,(H,20,21)(H,22,23). The molecule has 0 amide bonds. The van der Waals surface area contributed by atoms with E-state index in [4.69, 9.17) is 19.7 Å². The molecule has 0 radical (unpaired) electrons. The fourth-order valence-corrected chi connectivity index (χ4v) is 3.51. The van der Waals surface area contributed by atoms with Crippen LogP contribution in [0, 0.1) is 17.3 Å². The van der Waals surface area contributed by atoms with E-state index < -0.39 is 41.1 Å². The van der Waals surface area contributed by atoms with Crippen LogP contribution in [0.5, 0.6) is 0 Å². The van der Waals surface area contributed by atoms with E-state index in [1.807, 2.05) is 0 Å². The lowest BCUT2D eigenvalue weighted by Crippen LogP contribution is -2.44. The maximum atomic E-state index is 12.5. The molecule has 0 heterocycles. The van der Waals surface area contributed by atoms with Gasteiger partial charge in [-0.25, -0.2) is 0 Å². The van der Waals surface area contributed by atoms with Gasteiger partial charge in [-0.05, 0) is 44.9 Å². The first-order valence-corrected chi connectivity index (χ1v) is 9.39. The van der Waals surface area contributed by atoms with E-state index in [1.165, 1.54) is 0 Å². The molecule has 0 aromatic carbocycles. The van der Waals surface area contributed by atoms with Gasteiger partial charge in [0.2, 0.25) is 0 Å². The topological polar surface area (TPSA) is 127 Å². The third-order valence-corrected chi connectivity index (χ3v) is 5.07. The Labute approximate surface area is 160 Å². The minimum absolute atomic E-state index is 0.105. The van der Waals surface area contributed by atoms with Crippen molar-refractivity contribution in [2.75, 3.05) is 13.2 Å². The van der Waals surface area contributed by atoms with E-state index in [-0.39, 0.29) is 51.7 Å². The Morgan fingerprint density at radius 3 is 1.37 bits per heavy atom. The molecule has 0 saturated carbocycles. The van der Waals surface area contributed by atoms with Crippen LogP contribution in [0.15, 0.2) is 0 Å². The highest BCUT2D eigenvalue weighted by atomic mass is 16.5. The molecule has 2 N–H and O–H groups in total. The van der Waals surface area contributed by atoms with Crippen molar-refractivity contribution in [1.82, 2.24) is 0 Å². The van der Waals surface area contributed by atoms with Crippen LogP contribution in [0.3, 0.4) is 0 Å². The van der Waals surface area contributed by atoms with Gasteiger partial charge in [-0.2, -0.15) is 0 Å². The first-order valence-electron chi connectivity index (χ1n) is 9.39. The van der Waals surface area contributed by atoms with Gasteiger partial charge in [0.05, 0.1) is 25.0 Å². The number of carboxylic acids is 2. The summed E-state index contributed by atoms with van der Waals surface area (Å²) in [4.78, 5) is 46.8. The summed E-state index contributed by atoms with van der Waals surface area (Å²) in [5.74, 6) is -4.33. The summed E-state index contributed by atoms with van der Waals surface area (Å²) in [6.07, 6.45) is 0.862. The van der Waals surface area contributed by atoms with E-state index in [9.17, 15) is 19.2 Å². The second-order valence-electron chi connectivity index (χ2n) is 6.68. The number of esters is 2. The monoisotopic (exact) mass is 388 g/mol. The zero-order chi connectivity index (χ0) is 21.0. The average molecular weight is 388 g/mol. The largest absolute Gasteiger partial charge is 0.481 e. The quantitative estimate of drug-likeness (QED) is 0.435. The number of hydrogen-bond acceptors (Lipinski definition) is 6. The van der Waals surface area contributed by atoms with Crippen molar-refractivity contribution in [1.29, 1.82) is 0 Å². The lowest BCUT2D eigenvalue weighted by molar-refractivity contribution is -0.163. The second kappa shape index (κ2) is 12.3.